The molecule has 0 spiro atoms. The summed E-state index contributed by atoms with van der Waals surface area (Å²) >= 11 is 0. The van der Waals surface area contributed by atoms with Gasteiger partial charge in [0.25, 0.3) is 0 Å². The fourth-order valence-corrected chi connectivity index (χ4v) is 3.47. The predicted octanol–water partition coefficient (Wildman–Crippen LogP) is 1.43. The number of carboxylic acids is 1. The first-order valence-corrected chi connectivity index (χ1v) is 7.63. The molecule has 0 atom stereocenters. The van der Waals surface area contributed by atoms with E-state index in [0.717, 1.165) is 32.2 Å². The summed E-state index contributed by atoms with van der Waals surface area (Å²) in [6, 6.07) is 2.19. The van der Waals surface area contributed by atoms with Gasteiger partial charge in [-0.3, -0.25) is 4.90 Å². The lowest BCUT2D eigenvalue weighted by Gasteiger charge is -2.39. The molecule has 0 bridgehead atoms. The summed E-state index contributed by atoms with van der Waals surface area (Å²) in [5.41, 5.74) is 6.39. The standard InChI is InChI=1S/C15H22N4O2/c16-13-12(15(20)21)5-6-17-14(13)19-9-7-18(8-10-19)11-3-1-2-4-11/h5-6,11H,1-4,7-10,16H2,(H,20,21). The maximum atomic E-state index is 11.1. The van der Waals surface area contributed by atoms with Crippen LogP contribution in [-0.2, 0) is 0 Å². The Morgan fingerprint density at radius 2 is 1.90 bits per heavy atom. The number of carbonyl (C=O) groups is 1. The van der Waals surface area contributed by atoms with Gasteiger partial charge in [0.2, 0.25) is 0 Å². The van der Waals surface area contributed by atoms with Gasteiger partial charge in [-0.05, 0) is 18.9 Å². The van der Waals surface area contributed by atoms with Crippen molar-refractivity contribution in [3.63, 3.8) is 0 Å². The predicted molar refractivity (Wildman–Crippen MR) is 81.7 cm³/mol. The van der Waals surface area contributed by atoms with Crippen molar-refractivity contribution in [2.24, 2.45) is 0 Å². The van der Waals surface area contributed by atoms with E-state index in [1.54, 1.807) is 0 Å². The third kappa shape index (κ3) is 2.81. The maximum Gasteiger partial charge on any atom is 0.337 e. The zero-order valence-corrected chi connectivity index (χ0v) is 12.2. The molecule has 0 unspecified atom stereocenters. The third-order valence-corrected chi connectivity index (χ3v) is 4.65. The molecule has 1 aromatic heterocycles. The van der Waals surface area contributed by atoms with E-state index in [0.29, 0.717) is 5.82 Å². The smallest absolute Gasteiger partial charge is 0.337 e. The molecular formula is C15H22N4O2. The Morgan fingerprint density at radius 1 is 1.24 bits per heavy atom. The van der Waals surface area contributed by atoms with Crippen LogP contribution in [0, 0.1) is 0 Å². The Kier molecular flexibility index (Phi) is 3.96. The number of hydrogen-bond donors (Lipinski definition) is 2. The van der Waals surface area contributed by atoms with Crippen LogP contribution in [0.1, 0.15) is 36.0 Å². The van der Waals surface area contributed by atoms with Crippen molar-refractivity contribution in [3.8, 4) is 0 Å². The summed E-state index contributed by atoms with van der Waals surface area (Å²) in [6.45, 7) is 3.72. The fraction of sp³-hybridized carbons (Fsp3) is 0.600. The van der Waals surface area contributed by atoms with E-state index >= 15 is 0 Å². The van der Waals surface area contributed by atoms with Crippen molar-refractivity contribution in [2.75, 3.05) is 36.8 Å². The molecular weight excluding hydrogens is 268 g/mol. The lowest BCUT2D eigenvalue weighted by atomic mass is 10.1. The molecule has 2 heterocycles. The van der Waals surface area contributed by atoms with Crippen molar-refractivity contribution in [1.82, 2.24) is 9.88 Å². The van der Waals surface area contributed by atoms with Crippen LogP contribution in [0.5, 0.6) is 0 Å². The third-order valence-electron chi connectivity index (χ3n) is 4.65. The van der Waals surface area contributed by atoms with Crippen molar-refractivity contribution in [1.29, 1.82) is 0 Å². The zero-order valence-electron chi connectivity index (χ0n) is 12.2. The van der Waals surface area contributed by atoms with Crippen molar-refractivity contribution in [2.45, 2.75) is 31.7 Å². The van der Waals surface area contributed by atoms with Gasteiger partial charge in [0.15, 0.2) is 5.82 Å². The number of nitrogens with zero attached hydrogens (tertiary/aromatic N) is 3. The van der Waals surface area contributed by atoms with E-state index in [2.05, 4.69) is 14.8 Å². The van der Waals surface area contributed by atoms with Crippen molar-refractivity contribution in [3.05, 3.63) is 17.8 Å². The number of anilines is 2. The van der Waals surface area contributed by atoms with Crippen LogP contribution in [0.15, 0.2) is 12.3 Å². The van der Waals surface area contributed by atoms with Crippen molar-refractivity contribution >= 4 is 17.5 Å². The molecule has 6 nitrogen and oxygen atoms in total. The van der Waals surface area contributed by atoms with E-state index in [1.807, 2.05) is 0 Å². The van der Waals surface area contributed by atoms with Gasteiger partial charge in [-0.15, -0.1) is 0 Å². The van der Waals surface area contributed by atoms with Gasteiger partial charge in [-0.2, -0.15) is 0 Å². The summed E-state index contributed by atoms with van der Waals surface area (Å²) in [5.74, 6) is -0.387. The number of piperazine rings is 1. The first kappa shape index (κ1) is 14.1. The minimum atomic E-state index is -0.999. The quantitative estimate of drug-likeness (QED) is 0.876. The van der Waals surface area contributed by atoms with Gasteiger partial charge in [-0.25, -0.2) is 9.78 Å². The number of aromatic carboxylic acids is 1. The van der Waals surface area contributed by atoms with Crippen LogP contribution < -0.4 is 10.6 Å². The average molecular weight is 290 g/mol. The summed E-state index contributed by atoms with van der Waals surface area (Å²) < 4.78 is 0. The van der Waals surface area contributed by atoms with Crippen LogP contribution in [0.4, 0.5) is 11.5 Å². The molecule has 0 radical (unpaired) electrons. The number of pyridine rings is 1. The number of nitrogen functional groups attached to an aromatic ring is 1. The average Bonchev–Trinajstić information content (AvgIpc) is 3.02. The minimum absolute atomic E-state index is 0.137. The highest BCUT2D eigenvalue weighted by molar-refractivity contribution is 5.96. The number of aromatic nitrogens is 1. The number of nitrogens with two attached hydrogens (primary N) is 1. The summed E-state index contributed by atoms with van der Waals surface area (Å²) in [7, 11) is 0. The Hall–Kier alpha value is -1.82. The Bertz CT molecular complexity index is 520. The normalized spacial score (nSPS) is 20.9. The maximum absolute atomic E-state index is 11.1. The molecule has 21 heavy (non-hydrogen) atoms. The first-order chi connectivity index (χ1) is 10.2. The monoisotopic (exact) mass is 290 g/mol. The van der Waals surface area contributed by atoms with E-state index in [9.17, 15) is 4.79 Å². The summed E-state index contributed by atoms with van der Waals surface area (Å²) in [5, 5.41) is 9.14. The summed E-state index contributed by atoms with van der Waals surface area (Å²) in [6.07, 6.45) is 6.85. The molecule has 1 aliphatic heterocycles. The van der Waals surface area contributed by atoms with Crippen LogP contribution >= 0.6 is 0 Å². The lowest BCUT2D eigenvalue weighted by molar-refractivity contribution is 0.0698. The topological polar surface area (TPSA) is 82.7 Å². The number of hydrogen-bond acceptors (Lipinski definition) is 5. The second kappa shape index (κ2) is 5.89. The van der Waals surface area contributed by atoms with E-state index < -0.39 is 5.97 Å². The van der Waals surface area contributed by atoms with Crippen molar-refractivity contribution < 1.29 is 9.90 Å². The van der Waals surface area contributed by atoms with Crippen LogP contribution in [0.25, 0.3) is 0 Å². The SMILES string of the molecule is Nc1c(C(=O)O)ccnc1N1CCN(C2CCCC2)CC1. The largest absolute Gasteiger partial charge is 0.478 e. The Balaban J connectivity index is 1.69. The van der Waals surface area contributed by atoms with E-state index in [1.165, 1.54) is 37.9 Å². The molecule has 1 aliphatic carbocycles. The molecule has 1 saturated carbocycles. The molecule has 2 fully saturated rings. The van der Waals surface area contributed by atoms with E-state index in [-0.39, 0.29) is 11.3 Å². The van der Waals surface area contributed by atoms with Crippen LogP contribution in [0.2, 0.25) is 0 Å². The molecule has 1 aromatic rings. The second-order valence-corrected chi connectivity index (χ2v) is 5.86. The second-order valence-electron chi connectivity index (χ2n) is 5.86. The Labute approximate surface area is 124 Å². The molecule has 0 amide bonds. The zero-order chi connectivity index (χ0) is 14.8. The fourth-order valence-electron chi connectivity index (χ4n) is 3.47. The molecule has 1 saturated heterocycles. The molecule has 114 valence electrons. The molecule has 3 rings (SSSR count). The van der Waals surface area contributed by atoms with Gasteiger partial charge in [-0.1, -0.05) is 12.8 Å². The van der Waals surface area contributed by atoms with Gasteiger partial charge in [0.05, 0.1) is 11.3 Å². The van der Waals surface area contributed by atoms with Crippen LogP contribution in [0.3, 0.4) is 0 Å². The van der Waals surface area contributed by atoms with E-state index in [4.69, 9.17) is 10.8 Å². The van der Waals surface area contributed by atoms with Gasteiger partial charge in [0.1, 0.15) is 0 Å². The molecule has 0 aromatic carbocycles. The first-order valence-electron chi connectivity index (χ1n) is 7.63. The number of rotatable bonds is 3. The Morgan fingerprint density at radius 3 is 2.52 bits per heavy atom. The molecule has 2 aliphatic rings. The number of carboxylic acid groups (broad SMARTS) is 1. The summed E-state index contributed by atoms with van der Waals surface area (Å²) in [4.78, 5) is 20.1. The van der Waals surface area contributed by atoms with Gasteiger partial charge in [0, 0.05) is 38.4 Å². The van der Waals surface area contributed by atoms with Gasteiger partial charge >= 0.3 is 5.97 Å². The molecule has 6 heteroatoms. The minimum Gasteiger partial charge on any atom is -0.478 e. The highest BCUT2D eigenvalue weighted by atomic mass is 16.4. The highest BCUT2D eigenvalue weighted by Gasteiger charge is 2.27. The van der Waals surface area contributed by atoms with Gasteiger partial charge < -0.3 is 15.7 Å². The highest BCUT2D eigenvalue weighted by Crippen LogP contribution is 2.28. The lowest BCUT2D eigenvalue weighted by Crippen LogP contribution is -2.50. The van der Waals surface area contributed by atoms with Crippen LogP contribution in [-0.4, -0.2) is 53.2 Å². The molecule has 3 N–H and O–H groups in total.